The molecule has 1 atom stereocenters. The Morgan fingerprint density at radius 2 is 2.36 bits per heavy atom. The molecule has 0 aromatic rings. The zero-order chi connectivity index (χ0) is 7.90. The van der Waals surface area contributed by atoms with Crippen molar-refractivity contribution in [1.82, 2.24) is 5.32 Å². The van der Waals surface area contributed by atoms with E-state index in [0.717, 1.165) is 0 Å². The molecular weight excluding hydrogens is 146 g/mol. The Morgan fingerprint density at radius 3 is 2.82 bits per heavy atom. The van der Waals surface area contributed by atoms with Crippen molar-refractivity contribution in [3.63, 3.8) is 0 Å². The lowest BCUT2D eigenvalue weighted by Crippen LogP contribution is -2.68. The number of rotatable bonds is 0. The van der Waals surface area contributed by atoms with Crippen molar-refractivity contribution >= 4 is 5.91 Å². The molecule has 2 rings (SSSR count). The van der Waals surface area contributed by atoms with E-state index in [1.165, 1.54) is 0 Å². The highest BCUT2D eigenvalue weighted by Crippen LogP contribution is 2.27. The van der Waals surface area contributed by atoms with E-state index in [9.17, 15) is 4.79 Å². The van der Waals surface area contributed by atoms with Crippen LogP contribution in [-0.4, -0.2) is 37.4 Å². The molecule has 2 aliphatic heterocycles. The van der Waals surface area contributed by atoms with Gasteiger partial charge >= 0.3 is 0 Å². The Kier molecular flexibility index (Phi) is 1.40. The van der Waals surface area contributed by atoms with Gasteiger partial charge in [-0.25, -0.2) is 0 Å². The van der Waals surface area contributed by atoms with E-state index in [2.05, 4.69) is 5.32 Å². The summed E-state index contributed by atoms with van der Waals surface area (Å²) >= 11 is 0. The monoisotopic (exact) mass is 157 g/mol. The molecule has 0 aromatic heterocycles. The Bertz CT molecular complexity index is 188. The highest BCUT2D eigenvalue weighted by atomic mass is 16.6. The first-order valence-corrected chi connectivity index (χ1v) is 3.74. The largest absolute Gasteiger partial charge is 0.375 e. The first kappa shape index (κ1) is 7.06. The number of hydrogen-bond donors (Lipinski definition) is 1. The first-order chi connectivity index (χ1) is 5.23. The molecule has 4 heteroatoms. The van der Waals surface area contributed by atoms with Crippen LogP contribution in [0.5, 0.6) is 0 Å². The maximum absolute atomic E-state index is 10.8. The van der Waals surface area contributed by atoms with Crippen LogP contribution in [0.4, 0.5) is 0 Å². The van der Waals surface area contributed by atoms with E-state index >= 15 is 0 Å². The molecule has 0 radical (unpaired) electrons. The van der Waals surface area contributed by atoms with Gasteiger partial charge in [0.05, 0.1) is 19.3 Å². The van der Waals surface area contributed by atoms with Gasteiger partial charge in [0, 0.05) is 0 Å². The Labute approximate surface area is 64.9 Å². The van der Waals surface area contributed by atoms with Crippen LogP contribution in [0.1, 0.15) is 6.92 Å². The van der Waals surface area contributed by atoms with Gasteiger partial charge in [-0.15, -0.1) is 0 Å². The lowest BCUT2D eigenvalue weighted by Gasteiger charge is -2.47. The SMILES string of the molecule is CC1NC(=O)COC12COC2. The summed E-state index contributed by atoms with van der Waals surface area (Å²) in [4.78, 5) is 10.8. The topological polar surface area (TPSA) is 47.6 Å². The van der Waals surface area contributed by atoms with Crippen molar-refractivity contribution in [2.24, 2.45) is 0 Å². The normalized spacial score (nSPS) is 34.6. The Morgan fingerprint density at radius 1 is 1.64 bits per heavy atom. The molecule has 1 unspecified atom stereocenters. The van der Waals surface area contributed by atoms with E-state index in [-0.39, 0.29) is 24.2 Å². The molecule has 2 heterocycles. The summed E-state index contributed by atoms with van der Waals surface area (Å²) in [5.41, 5.74) is -0.214. The van der Waals surface area contributed by atoms with Crippen molar-refractivity contribution in [1.29, 1.82) is 0 Å². The van der Waals surface area contributed by atoms with Crippen LogP contribution in [0, 0.1) is 0 Å². The van der Waals surface area contributed by atoms with Crippen LogP contribution < -0.4 is 5.32 Å². The van der Waals surface area contributed by atoms with Crippen LogP contribution in [0.15, 0.2) is 0 Å². The molecule has 1 spiro atoms. The molecule has 2 aliphatic rings. The lowest BCUT2D eigenvalue weighted by molar-refractivity contribution is -0.233. The summed E-state index contributed by atoms with van der Waals surface area (Å²) in [5, 5.41) is 2.83. The molecule has 4 nitrogen and oxygen atoms in total. The highest BCUT2D eigenvalue weighted by Gasteiger charge is 2.48. The minimum atomic E-state index is -0.214. The van der Waals surface area contributed by atoms with Crippen LogP contribution in [0.3, 0.4) is 0 Å². The summed E-state index contributed by atoms with van der Waals surface area (Å²) in [7, 11) is 0. The number of nitrogens with one attached hydrogen (secondary N) is 1. The van der Waals surface area contributed by atoms with Crippen molar-refractivity contribution in [3.8, 4) is 0 Å². The number of carbonyl (C=O) groups excluding carboxylic acids is 1. The Balaban J connectivity index is 2.06. The fraction of sp³-hybridized carbons (Fsp3) is 0.857. The summed E-state index contributed by atoms with van der Waals surface area (Å²) in [6.45, 7) is 3.33. The van der Waals surface area contributed by atoms with Crippen molar-refractivity contribution in [2.75, 3.05) is 19.8 Å². The third-order valence-electron chi connectivity index (χ3n) is 2.35. The van der Waals surface area contributed by atoms with Gasteiger partial charge in [0.1, 0.15) is 12.2 Å². The number of morpholine rings is 1. The predicted octanol–water partition coefficient (Wildman–Crippen LogP) is -0.710. The fourth-order valence-corrected chi connectivity index (χ4v) is 1.39. The first-order valence-electron chi connectivity index (χ1n) is 3.74. The van der Waals surface area contributed by atoms with E-state index in [0.29, 0.717) is 13.2 Å². The summed E-state index contributed by atoms with van der Waals surface area (Å²) in [6.07, 6.45) is 0. The molecule has 2 fully saturated rings. The van der Waals surface area contributed by atoms with Gasteiger partial charge in [-0.05, 0) is 6.92 Å². The minimum Gasteiger partial charge on any atom is -0.375 e. The maximum Gasteiger partial charge on any atom is 0.246 e. The third kappa shape index (κ3) is 0.937. The molecule has 0 saturated carbocycles. The van der Waals surface area contributed by atoms with Crippen molar-refractivity contribution in [2.45, 2.75) is 18.6 Å². The van der Waals surface area contributed by atoms with Crippen LogP contribution >= 0.6 is 0 Å². The van der Waals surface area contributed by atoms with Gasteiger partial charge in [-0.1, -0.05) is 0 Å². The second kappa shape index (κ2) is 2.19. The molecule has 0 bridgehead atoms. The van der Waals surface area contributed by atoms with E-state index < -0.39 is 0 Å². The Hall–Kier alpha value is -0.610. The van der Waals surface area contributed by atoms with E-state index in [1.54, 1.807) is 0 Å². The van der Waals surface area contributed by atoms with Crippen LogP contribution in [0.2, 0.25) is 0 Å². The quantitative estimate of drug-likeness (QED) is 0.505. The minimum absolute atomic E-state index is 0.0324. The molecule has 1 N–H and O–H groups in total. The second-order valence-electron chi connectivity index (χ2n) is 3.14. The lowest BCUT2D eigenvalue weighted by atomic mass is 9.92. The summed E-state index contributed by atoms with van der Waals surface area (Å²) < 4.78 is 10.4. The number of carbonyl (C=O) groups is 1. The number of amides is 1. The average molecular weight is 157 g/mol. The fourth-order valence-electron chi connectivity index (χ4n) is 1.39. The molecule has 0 aliphatic carbocycles. The van der Waals surface area contributed by atoms with Crippen molar-refractivity contribution < 1.29 is 14.3 Å². The van der Waals surface area contributed by atoms with E-state index in [1.807, 2.05) is 6.92 Å². The molecule has 1 amide bonds. The zero-order valence-electron chi connectivity index (χ0n) is 6.42. The van der Waals surface area contributed by atoms with Crippen LogP contribution in [-0.2, 0) is 14.3 Å². The maximum atomic E-state index is 10.8. The summed E-state index contributed by atoms with van der Waals surface area (Å²) in [6, 6.07) is 0.0810. The van der Waals surface area contributed by atoms with Crippen molar-refractivity contribution in [3.05, 3.63) is 0 Å². The van der Waals surface area contributed by atoms with E-state index in [4.69, 9.17) is 9.47 Å². The highest BCUT2D eigenvalue weighted by molar-refractivity contribution is 5.78. The predicted molar refractivity (Wildman–Crippen MR) is 37.1 cm³/mol. The second-order valence-corrected chi connectivity index (χ2v) is 3.14. The van der Waals surface area contributed by atoms with Gasteiger partial charge in [-0.2, -0.15) is 0 Å². The standard InChI is InChI=1S/C7H11NO3/c1-5-7(3-10-4-7)11-2-6(9)8-5/h5H,2-4H2,1H3,(H,8,9). The molecule has 2 saturated heterocycles. The zero-order valence-corrected chi connectivity index (χ0v) is 6.42. The van der Waals surface area contributed by atoms with Crippen LogP contribution in [0.25, 0.3) is 0 Å². The van der Waals surface area contributed by atoms with Gasteiger partial charge in [-0.3, -0.25) is 4.79 Å². The average Bonchev–Trinajstić information content (AvgIpc) is 1.84. The van der Waals surface area contributed by atoms with Gasteiger partial charge in [0.15, 0.2) is 0 Å². The molecule has 0 aromatic carbocycles. The molecule has 62 valence electrons. The van der Waals surface area contributed by atoms with Gasteiger partial charge < -0.3 is 14.8 Å². The molecular formula is C7H11NO3. The molecule has 11 heavy (non-hydrogen) atoms. The smallest absolute Gasteiger partial charge is 0.246 e. The van der Waals surface area contributed by atoms with Gasteiger partial charge in [0.2, 0.25) is 5.91 Å². The number of ether oxygens (including phenoxy) is 2. The summed E-state index contributed by atoms with van der Waals surface area (Å²) in [5.74, 6) is -0.0324. The number of hydrogen-bond acceptors (Lipinski definition) is 3. The third-order valence-corrected chi connectivity index (χ3v) is 2.35. The van der Waals surface area contributed by atoms with Gasteiger partial charge in [0.25, 0.3) is 0 Å².